The van der Waals surface area contributed by atoms with Crippen LogP contribution in [0.5, 0.6) is 0 Å². The second-order valence-electron chi connectivity index (χ2n) is 8.77. The van der Waals surface area contributed by atoms with Crippen molar-refractivity contribution in [3.05, 3.63) is 57.3 Å². The summed E-state index contributed by atoms with van der Waals surface area (Å²) in [5.74, 6) is 0.396. The SMILES string of the molecule is CC[C@H](C)N(CC(=O)N1CCc2sccc2[C@@H]1c1ccccc1C)C(=O)CC(C)C. The zero-order valence-electron chi connectivity index (χ0n) is 18.9. The van der Waals surface area contributed by atoms with E-state index in [1.807, 2.05) is 37.8 Å². The lowest BCUT2D eigenvalue weighted by atomic mass is 9.90. The number of aryl methyl sites for hydroxylation is 1. The van der Waals surface area contributed by atoms with Gasteiger partial charge in [-0.05, 0) is 60.7 Å². The Balaban J connectivity index is 1.91. The van der Waals surface area contributed by atoms with Gasteiger partial charge in [-0.1, -0.05) is 45.0 Å². The molecule has 0 saturated heterocycles. The van der Waals surface area contributed by atoms with Crippen molar-refractivity contribution < 1.29 is 9.59 Å². The molecular weight excluding hydrogens is 392 g/mol. The molecule has 1 aromatic carbocycles. The van der Waals surface area contributed by atoms with Crippen LogP contribution in [-0.2, 0) is 16.0 Å². The van der Waals surface area contributed by atoms with E-state index in [0.29, 0.717) is 13.0 Å². The Morgan fingerprint density at radius 1 is 1.17 bits per heavy atom. The van der Waals surface area contributed by atoms with Crippen LogP contribution in [0.1, 0.15) is 68.1 Å². The van der Waals surface area contributed by atoms with Gasteiger partial charge in [0.1, 0.15) is 6.54 Å². The number of hydrogen-bond donors (Lipinski definition) is 0. The molecule has 2 aromatic rings. The molecule has 0 aliphatic carbocycles. The molecule has 30 heavy (non-hydrogen) atoms. The first-order valence-corrected chi connectivity index (χ1v) is 11.9. The molecule has 0 radical (unpaired) electrons. The molecule has 5 heteroatoms. The molecule has 4 nitrogen and oxygen atoms in total. The van der Waals surface area contributed by atoms with Crippen LogP contribution < -0.4 is 0 Å². The molecule has 0 unspecified atom stereocenters. The smallest absolute Gasteiger partial charge is 0.243 e. The van der Waals surface area contributed by atoms with Crippen LogP contribution in [0, 0.1) is 12.8 Å². The molecule has 1 aromatic heterocycles. The zero-order chi connectivity index (χ0) is 21.8. The Morgan fingerprint density at radius 2 is 1.90 bits per heavy atom. The third-order valence-corrected chi connectivity index (χ3v) is 7.10. The van der Waals surface area contributed by atoms with Crippen molar-refractivity contribution in [3.63, 3.8) is 0 Å². The van der Waals surface area contributed by atoms with E-state index in [2.05, 4.69) is 37.4 Å². The summed E-state index contributed by atoms with van der Waals surface area (Å²) in [6, 6.07) is 10.5. The van der Waals surface area contributed by atoms with Crippen LogP contribution in [0.4, 0.5) is 0 Å². The maximum atomic E-state index is 13.6. The lowest BCUT2D eigenvalue weighted by Crippen LogP contribution is -2.49. The van der Waals surface area contributed by atoms with Crippen molar-refractivity contribution >= 4 is 23.2 Å². The van der Waals surface area contributed by atoms with E-state index in [-0.39, 0.29) is 36.4 Å². The molecular formula is C25H34N2O2S. The number of amides is 2. The van der Waals surface area contributed by atoms with E-state index in [1.165, 1.54) is 21.6 Å². The summed E-state index contributed by atoms with van der Waals surface area (Å²) >= 11 is 1.78. The second kappa shape index (κ2) is 9.78. The topological polar surface area (TPSA) is 40.6 Å². The van der Waals surface area contributed by atoms with Crippen molar-refractivity contribution in [1.82, 2.24) is 9.80 Å². The van der Waals surface area contributed by atoms with Gasteiger partial charge in [0.25, 0.3) is 0 Å². The standard InChI is InChI=1S/C25H34N2O2S/c1-6-19(5)27(23(28)15-17(2)3)16-24(29)26-13-11-22-21(12-14-30-22)25(26)20-10-8-7-9-18(20)4/h7-10,12,14,17,19,25H,6,11,13,15-16H2,1-5H3/t19-,25-/m0/s1. The maximum Gasteiger partial charge on any atom is 0.243 e. The van der Waals surface area contributed by atoms with Gasteiger partial charge in [-0.3, -0.25) is 9.59 Å². The number of carbonyl (C=O) groups is 2. The van der Waals surface area contributed by atoms with Crippen LogP contribution in [0.25, 0.3) is 0 Å². The summed E-state index contributed by atoms with van der Waals surface area (Å²) < 4.78 is 0. The Morgan fingerprint density at radius 3 is 2.57 bits per heavy atom. The molecule has 0 saturated carbocycles. The minimum absolute atomic E-state index is 0.0394. The summed E-state index contributed by atoms with van der Waals surface area (Å²) in [5, 5.41) is 2.13. The molecule has 2 amide bonds. The number of benzene rings is 1. The Kier molecular flexibility index (Phi) is 7.35. The molecule has 2 heterocycles. The first-order valence-electron chi connectivity index (χ1n) is 11.0. The first-order chi connectivity index (χ1) is 14.3. The molecule has 1 aliphatic heterocycles. The van der Waals surface area contributed by atoms with Crippen molar-refractivity contribution in [2.45, 2.75) is 66.0 Å². The number of thiophene rings is 1. The molecule has 1 aliphatic rings. The molecule has 0 bridgehead atoms. The van der Waals surface area contributed by atoms with Crippen LogP contribution in [-0.4, -0.2) is 40.7 Å². The van der Waals surface area contributed by atoms with Crippen LogP contribution >= 0.6 is 11.3 Å². The fraction of sp³-hybridized carbons (Fsp3) is 0.520. The maximum absolute atomic E-state index is 13.6. The minimum atomic E-state index is -0.0762. The highest BCUT2D eigenvalue weighted by Gasteiger charge is 2.35. The lowest BCUT2D eigenvalue weighted by molar-refractivity contribution is -0.144. The van der Waals surface area contributed by atoms with Gasteiger partial charge in [0, 0.05) is 23.9 Å². The molecule has 3 rings (SSSR count). The summed E-state index contributed by atoms with van der Waals surface area (Å²) in [5.41, 5.74) is 3.60. The van der Waals surface area contributed by atoms with Gasteiger partial charge in [-0.15, -0.1) is 11.3 Å². The van der Waals surface area contributed by atoms with E-state index in [0.717, 1.165) is 12.8 Å². The number of hydrogen-bond acceptors (Lipinski definition) is 3. The van der Waals surface area contributed by atoms with Gasteiger partial charge in [0.2, 0.25) is 11.8 Å². The van der Waals surface area contributed by atoms with Crippen LogP contribution in [0.15, 0.2) is 35.7 Å². The molecule has 2 atom stereocenters. The number of nitrogens with zero attached hydrogens (tertiary/aromatic N) is 2. The predicted molar refractivity (Wildman–Crippen MR) is 124 cm³/mol. The van der Waals surface area contributed by atoms with Crippen molar-refractivity contribution in [2.24, 2.45) is 5.92 Å². The van der Waals surface area contributed by atoms with Gasteiger partial charge in [0.15, 0.2) is 0 Å². The fourth-order valence-electron chi connectivity index (χ4n) is 4.23. The third-order valence-electron chi connectivity index (χ3n) is 6.10. The first kappa shape index (κ1) is 22.5. The molecule has 0 fully saturated rings. The normalized spacial score (nSPS) is 17.0. The molecule has 0 spiro atoms. The van der Waals surface area contributed by atoms with Crippen LogP contribution in [0.3, 0.4) is 0 Å². The van der Waals surface area contributed by atoms with Gasteiger partial charge in [0.05, 0.1) is 6.04 Å². The van der Waals surface area contributed by atoms with Gasteiger partial charge >= 0.3 is 0 Å². The van der Waals surface area contributed by atoms with Crippen molar-refractivity contribution in [2.75, 3.05) is 13.1 Å². The Hall–Kier alpha value is -2.14. The lowest BCUT2D eigenvalue weighted by Gasteiger charge is -2.39. The van der Waals surface area contributed by atoms with Gasteiger partial charge in [-0.25, -0.2) is 0 Å². The quantitative estimate of drug-likeness (QED) is 0.610. The third kappa shape index (κ3) is 4.77. The average Bonchev–Trinajstić information content (AvgIpc) is 3.19. The van der Waals surface area contributed by atoms with E-state index in [1.54, 1.807) is 16.2 Å². The van der Waals surface area contributed by atoms with Gasteiger partial charge < -0.3 is 9.80 Å². The highest BCUT2D eigenvalue weighted by atomic mass is 32.1. The highest BCUT2D eigenvalue weighted by molar-refractivity contribution is 7.10. The average molecular weight is 427 g/mol. The summed E-state index contributed by atoms with van der Waals surface area (Å²) in [7, 11) is 0. The number of rotatable bonds is 7. The van der Waals surface area contributed by atoms with Crippen LogP contribution in [0.2, 0.25) is 0 Å². The van der Waals surface area contributed by atoms with Gasteiger partial charge in [-0.2, -0.15) is 0 Å². The largest absolute Gasteiger partial charge is 0.331 e. The van der Waals surface area contributed by atoms with E-state index < -0.39 is 0 Å². The Labute approximate surface area is 184 Å². The van der Waals surface area contributed by atoms with E-state index >= 15 is 0 Å². The monoisotopic (exact) mass is 426 g/mol. The second-order valence-corrected chi connectivity index (χ2v) is 9.77. The summed E-state index contributed by atoms with van der Waals surface area (Å²) in [6.45, 7) is 11.2. The predicted octanol–water partition coefficient (Wildman–Crippen LogP) is 5.20. The minimum Gasteiger partial charge on any atom is -0.331 e. The summed E-state index contributed by atoms with van der Waals surface area (Å²) in [4.78, 5) is 31.6. The molecule has 0 N–H and O–H groups in total. The van der Waals surface area contributed by atoms with E-state index in [4.69, 9.17) is 0 Å². The Bertz CT molecular complexity index is 889. The number of fused-ring (bicyclic) bond motifs is 1. The zero-order valence-corrected chi connectivity index (χ0v) is 19.7. The van der Waals surface area contributed by atoms with Crippen molar-refractivity contribution in [3.8, 4) is 0 Å². The summed E-state index contributed by atoms with van der Waals surface area (Å²) in [6.07, 6.45) is 2.20. The molecule has 162 valence electrons. The number of carbonyl (C=O) groups excluding carboxylic acids is 2. The van der Waals surface area contributed by atoms with Crippen molar-refractivity contribution in [1.29, 1.82) is 0 Å². The fourth-order valence-corrected chi connectivity index (χ4v) is 5.13. The highest BCUT2D eigenvalue weighted by Crippen LogP contribution is 2.39. The van der Waals surface area contributed by atoms with E-state index in [9.17, 15) is 9.59 Å².